The zero-order chi connectivity index (χ0) is 19.8. The number of phenolic OH excluding ortho intramolecular Hbond substituents is 1. The minimum absolute atomic E-state index is 0.251. The highest BCUT2D eigenvalue weighted by atomic mass is 16.3. The van der Waals surface area contributed by atoms with E-state index in [9.17, 15) is 14.7 Å². The van der Waals surface area contributed by atoms with Gasteiger partial charge in [0, 0.05) is 42.4 Å². The normalized spacial score (nSPS) is 20.1. The van der Waals surface area contributed by atoms with Gasteiger partial charge >= 0.3 is 6.03 Å². The molecule has 2 aliphatic rings. The summed E-state index contributed by atoms with van der Waals surface area (Å²) in [4.78, 5) is 27.6. The van der Waals surface area contributed by atoms with Gasteiger partial charge in [0.15, 0.2) is 0 Å². The van der Waals surface area contributed by atoms with Gasteiger partial charge in [-0.2, -0.15) is 0 Å². The zero-order valence-electron chi connectivity index (χ0n) is 16.4. The lowest BCUT2D eigenvalue weighted by molar-refractivity contribution is -0.120. The molecule has 2 heterocycles. The number of nitrogens with two attached hydrogens (primary N) is 1. The minimum Gasteiger partial charge on any atom is -0.507 e. The average molecular weight is 374 g/mol. The number of likely N-dealkylation sites (tertiary alicyclic amines) is 1. The van der Waals surface area contributed by atoms with Crippen molar-refractivity contribution in [1.82, 2.24) is 10.2 Å². The molecule has 0 spiro atoms. The van der Waals surface area contributed by atoms with Crippen LogP contribution < -0.4 is 16.0 Å². The van der Waals surface area contributed by atoms with Gasteiger partial charge in [0.25, 0.3) is 0 Å². The van der Waals surface area contributed by atoms with Gasteiger partial charge in [-0.05, 0) is 43.5 Å². The second-order valence-corrected chi connectivity index (χ2v) is 8.62. The highest BCUT2D eigenvalue weighted by Gasteiger charge is 2.29. The Balaban J connectivity index is 1.94. The fourth-order valence-electron chi connectivity index (χ4n) is 3.69. The maximum absolute atomic E-state index is 12.3. The van der Waals surface area contributed by atoms with E-state index in [1.165, 1.54) is 0 Å². The summed E-state index contributed by atoms with van der Waals surface area (Å²) in [6.07, 6.45) is 2.17. The van der Waals surface area contributed by atoms with Gasteiger partial charge in [0.2, 0.25) is 5.91 Å². The van der Waals surface area contributed by atoms with Crippen molar-refractivity contribution in [1.29, 1.82) is 0 Å². The number of benzene rings is 1. The molecule has 0 bridgehead atoms. The van der Waals surface area contributed by atoms with E-state index >= 15 is 0 Å². The second kappa shape index (κ2) is 7.48. The highest BCUT2D eigenvalue weighted by molar-refractivity contribution is 6.05. The molecule has 0 aromatic heterocycles. The highest BCUT2D eigenvalue weighted by Crippen LogP contribution is 2.38. The molecule has 3 rings (SSSR count). The molecule has 2 saturated heterocycles. The summed E-state index contributed by atoms with van der Waals surface area (Å²) < 4.78 is 0. The van der Waals surface area contributed by atoms with Crippen LogP contribution in [-0.4, -0.2) is 47.6 Å². The van der Waals surface area contributed by atoms with E-state index in [4.69, 9.17) is 5.73 Å². The van der Waals surface area contributed by atoms with E-state index < -0.39 is 6.03 Å². The number of imide groups is 1. The van der Waals surface area contributed by atoms with Crippen molar-refractivity contribution in [2.24, 2.45) is 5.73 Å². The minimum atomic E-state index is -0.410. The number of carbonyl (C=O) groups excluding carboxylic acids is 2. The standard InChI is InChI=1S/C20H30N4O3/c1-20(2,3)16-11-15(24-9-6-17(25)22-19(24)27)10-13(18(16)26)12-23-7-4-14(21)5-8-23/h10-11,14,26H,4-9,12,21H2,1-3H3,(H,22,25,27). The smallest absolute Gasteiger partial charge is 0.328 e. The number of carbonyl (C=O) groups is 2. The molecule has 2 fully saturated rings. The molecule has 148 valence electrons. The average Bonchev–Trinajstić information content (AvgIpc) is 2.58. The van der Waals surface area contributed by atoms with Crippen LogP contribution in [0.4, 0.5) is 10.5 Å². The van der Waals surface area contributed by atoms with E-state index in [1.54, 1.807) is 4.90 Å². The molecule has 1 aromatic rings. The molecule has 3 amide bonds. The van der Waals surface area contributed by atoms with Crippen LogP contribution in [0.3, 0.4) is 0 Å². The van der Waals surface area contributed by atoms with Crippen molar-refractivity contribution in [3.05, 3.63) is 23.3 Å². The summed E-state index contributed by atoms with van der Waals surface area (Å²) in [6, 6.07) is 3.57. The molecule has 7 heteroatoms. The molecule has 0 aliphatic carbocycles. The second-order valence-electron chi connectivity index (χ2n) is 8.62. The number of hydrogen-bond acceptors (Lipinski definition) is 5. The fourth-order valence-corrected chi connectivity index (χ4v) is 3.69. The lowest BCUT2D eigenvalue weighted by atomic mass is 9.84. The van der Waals surface area contributed by atoms with E-state index in [0.717, 1.165) is 37.1 Å². The molecule has 0 saturated carbocycles. The Morgan fingerprint density at radius 1 is 1.19 bits per heavy atom. The number of urea groups is 1. The van der Waals surface area contributed by atoms with Crippen molar-refractivity contribution >= 4 is 17.6 Å². The number of nitrogens with zero attached hydrogens (tertiary/aromatic N) is 2. The van der Waals surface area contributed by atoms with Crippen LogP contribution in [0.15, 0.2) is 12.1 Å². The molecule has 0 radical (unpaired) electrons. The predicted octanol–water partition coefficient (Wildman–Crippen LogP) is 2.06. The fraction of sp³-hybridized carbons (Fsp3) is 0.600. The Bertz CT molecular complexity index is 733. The number of aromatic hydroxyl groups is 1. The van der Waals surface area contributed by atoms with Crippen molar-refractivity contribution in [2.45, 2.75) is 58.0 Å². The third-order valence-corrected chi connectivity index (χ3v) is 5.37. The summed E-state index contributed by atoms with van der Waals surface area (Å²) in [6.45, 7) is 8.86. The van der Waals surface area contributed by atoms with Crippen molar-refractivity contribution in [2.75, 3.05) is 24.5 Å². The van der Waals surface area contributed by atoms with Crippen molar-refractivity contribution in [3.8, 4) is 5.75 Å². The Labute approximate surface area is 160 Å². The van der Waals surface area contributed by atoms with Gasteiger partial charge in [-0.3, -0.25) is 19.9 Å². The third-order valence-electron chi connectivity index (χ3n) is 5.37. The lowest BCUT2D eigenvalue weighted by Gasteiger charge is -2.33. The Morgan fingerprint density at radius 3 is 2.44 bits per heavy atom. The first-order valence-electron chi connectivity index (χ1n) is 9.61. The third kappa shape index (κ3) is 4.42. The molecule has 0 atom stereocenters. The number of amides is 3. The molecule has 7 nitrogen and oxygen atoms in total. The summed E-state index contributed by atoms with van der Waals surface area (Å²) >= 11 is 0. The van der Waals surface area contributed by atoms with Gasteiger partial charge in [-0.25, -0.2) is 4.79 Å². The van der Waals surface area contributed by atoms with Crippen LogP contribution in [-0.2, 0) is 16.8 Å². The van der Waals surface area contributed by atoms with Gasteiger partial charge in [-0.1, -0.05) is 20.8 Å². The van der Waals surface area contributed by atoms with E-state index in [0.29, 0.717) is 18.8 Å². The van der Waals surface area contributed by atoms with E-state index in [1.807, 2.05) is 32.9 Å². The molecule has 27 heavy (non-hydrogen) atoms. The number of nitrogens with one attached hydrogen (secondary N) is 1. The van der Waals surface area contributed by atoms with Crippen molar-refractivity contribution in [3.63, 3.8) is 0 Å². The topological polar surface area (TPSA) is 98.9 Å². The molecular weight excluding hydrogens is 344 g/mol. The molecular formula is C20H30N4O3. The maximum Gasteiger partial charge on any atom is 0.328 e. The first-order valence-corrected chi connectivity index (χ1v) is 9.61. The predicted molar refractivity (Wildman–Crippen MR) is 105 cm³/mol. The van der Waals surface area contributed by atoms with Gasteiger partial charge in [0.05, 0.1) is 0 Å². The monoisotopic (exact) mass is 374 g/mol. The summed E-state index contributed by atoms with van der Waals surface area (Å²) in [5.74, 6) is 0.0329. The van der Waals surface area contributed by atoms with Gasteiger partial charge in [0.1, 0.15) is 5.75 Å². The largest absolute Gasteiger partial charge is 0.507 e. The van der Waals surface area contributed by atoms with Crippen LogP contribution in [0.5, 0.6) is 5.75 Å². The molecule has 4 N–H and O–H groups in total. The van der Waals surface area contributed by atoms with Gasteiger partial charge in [-0.15, -0.1) is 0 Å². The lowest BCUT2D eigenvalue weighted by Crippen LogP contribution is -2.49. The first kappa shape index (κ1) is 19.6. The van der Waals surface area contributed by atoms with Crippen molar-refractivity contribution < 1.29 is 14.7 Å². The Kier molecular flexibility index (Phi) is 5.44. The van der Waals surface area contributed by atoms with Crippen LogP contribution in [0.25, 0.3) is 0 Å². The van der Waals surface area contributed by atoms with Crippen LogP contribution in [0.1, 0.15) is 51.2 Å². The maximum atomic E-state index is 12.3. The summed E-state index contributed by atoms with van der Waals surface area (Å²) in [5.41, 5.74) is 8.04. The number of phenols is 1. The summed E-state index contributed by atoms with van der Waals surface area (Å²) in [7, 11) is 0. The quantitative estimate of drug-likeness (QED) is 0.752. The zero-order valence-corrected chi connectivity index (χ0v) is 16.4. The SMILES string of the molecule is CC(C)(C)c1cc(N2CCC(=O)NC2=O)cc(CN2CCC(N)CC2)c1O. The van der Waals surface area contributed by atoms with E-state index in [2.05, 4.69) is 10.2 Å². The number of piperidine rings is 1. The summed E-state index contributed by atoms with van der Waals surface area (Å²) in [5, 5.41) is 13.3. The molecule has 1 aromatic carbocycles. The molecule has 0 unspecified atom stereocenters. The van der Waals surface area contributed by atoms with Crippen LogP contribution >= 0.6 is 0 Å². The molecule has 2 aliphatic heterocycles. The number of rotatable bonds is 3. The van der Waals surface area contributed by atoms with Gasteiger partial charge < -0.3 is 10.8 Å². The first-order chi connectivity index (χ1) is 12.6. The number of hydrogen-bond donors (Lipinski definition) is 3. The Morgan fingerprint density at radius 2 is 1.85 bits per heavy atom. The van der Waals surface area contributed by atoms with Crippen LogP contribution in [0.2, 0.25) is 0 Å². The van der Waals surface area contributed by atoms with E-state index in [-0.39, 0.29) is 29.5 Å². The van der Waals surface area contributed by atoms with Crippen LogP contribution in [0, 0.1) is 0 Å². The number of anilines is 1. The Hall–Kier alpha value is -2.12.